The van der Waals surface area contributed by atoms with Crippen molar-refractivity contribution in [1.82, 2.24) is 9.97 Å². The van der Waals surface area contributed by atoms with E-state index in [0.29, 0.717) is 17.0 Å². The second kappa shape index (κ2) is 6.44. The van der Waals surface area contributed by atoms with Crippen LogP contribution in [0.15, 0.2) is 42.9 Å². The van der Waals surface area contributed by atoms with Crippen molar-refractivity contribution in [3.05, 3.63) is 53.4 Å². The third-order valence-corrected chi connectivity index (χ3v) is 4.62. The van der Waals surface area contributed by atoms with E-state index in [-0.39, 0.29) is 0 Å². The van der Waals surface area contributed by atoms with Gasteiger partial charge in [0.1, 0.15) is 11.3 Å². The summed E-state index contributed by atoms with van der Waals surface area (Å²) < 4.78 is 0. The first kappa shape index (κ1) is 14.3. The van der Waals surface area contributed by atoms with E-state index in [1.165, 1.54) is 18.4 Å². The Hall–Kier alpha value is -1.61. The van der Waals surface area contributed by atoms with Gasteiger partial charge in [0.05, 0.1) is 6.20 Å². The first-order valence-electron chi connectivity index (χ1n) is 7.58. The Kier molecular flexibility index (Phi) is 4.39. The van der Waals surface area contributed by atoms with Crippen LogP contribution >= 0.6 is 11.6 Å². The fraction of sp³-hybridized carbons (Fsp3) is 0.412. The molecule has 3 rings (SSSR count). The molecule has 0 amide bonds. The van der Waals surface area contributed by atoms with Crippen LogP contribution in [0.4, 0.5) is 5.82 Å². The van der Waals surface area contributed by atoms with Crippen LogP contribution in [-0.4, -0.2) is 22.6 Å². The van der Waals surface area contributed by atoms with Crippen molar-refractivity contribution in [3.8, 4) is 0 Å². The molecule has 0 saturated carbocycles. The molecule has 1 aliphatic rings. The molecule has 3 nitrogen and oxygen atoms in total. The number of hydrogen-bond acceptors (Lipinski definition) is 3. The average molecular weight is 302 g/mol. The minimum atomic E-state index is 0.463. The van der Waals surface area contributed by atoms with E-state index >= 15 is 0 Å². The topological polar surface area (TPSA) is 29.0 Å². The van der Waals surface area contributed by atoms with Gasteiger partial charge in [-0.3, -0.25) is 0 Å². The summed E-state index contributed by atoms with van der Waals surface area (Å²) in [5.74, 6) is 1.39. The number of benzene rings is 1. The molecule has 2 heterocycles. The lowest BCUT2D eigenvalue weighted by atomic mass is 9.87. The van der Waals surface area contributed by atoms with Gasteiger partial charge >= 0.3 is 0 Å². The van der Waals surface area contributed by atoms with E-state index in [1.807, 2.05) is 0 Å². The first-order chi connectivity index (χ1) is 10.3. The third-order valence-electron chi connectivity index (χ3n) is 4.35. The lowest BCUT2D eigenvalue weighted by molar-refractivity contribution is 0.513. The predicted molar refractivity (Wildman–Crippen MR) is 86.9 cm³/mol. The Bertz CT molecular complexity index is 588. The van der Waals surface area contributed by atoms with E-state index in [9.17, 15) is 0 Å². The van der Waals surface area contributed by atoms with Crippen molar-refractivity contribution in [2.75, 3.05) is 11.4 Å². The van der Waals surface area contributed by atoms with Crippen LogP contribution in [0.2, 0.25) is 5.02 Å². The zero-order chi connectivity index (χ0) is 14.7. The Morgan fingerprint density at radius 2 is 2.14 bits per heavy atom. The SMILES string of the molecule is CCC(c1ccccc1)C1CCCN1c1ncncc1Cl. The van der Waals surface area contributed by atoms with Crippen LogP contribution in [-0.2, 0) is 0 Å². The van der Waals surface area contributed by atoms with Gasteiger partial charge in [-0.25, -0.2) is 9.97 Å². The highest BCUT2D eigenvalue weighted by Gasteiger charge is 2.33. The van der Waals surface area contributed by atoms with Crippen LogP contribution in [0, 0.1) is 0 Å². The molecule has 21 heavy (non-hydrogen) atoms. The summed E-state index contributed by atoms with van der Waals surface area (Å²) in [6.07, 6.45) is 6.76. The zero-order valence-electron chi connectivity index (χ0n) is 12.2. The zero-order valence-corrected chi connectivity index (χ0v) is 13.0. The largest absolute Gasteiger partial charge is 0.352 e. The molecule has 1 aromatic heterocycles. The van der Waals surface area contributed by atoms with Gasteiger partial charge in [-0.1, -0.05) is 48.9 Å². The quantitative estimate of drug-likeness (QED) is 0.843. The summed E-state index contributed by atoms with van der Waals surface area (Å²) in [6, 6.07) is 11.2. The summed E-state index contributed by atoms with van der Waals surface area (Å²) in [6.45, 7) is 3.28. The van der Waals surface area contributed by atoms with Gasteiger partial charge in [0.25, 0.3) is 0 Å². The number of rotatable bonds is 4. The molecule has 1 saturated heterocycles. The van der Waals surface area contributed by atoms with Crippen molar-refractivity contribution >= 4 is 17.4 Å². The van der Waals surface area contributed by atoms with Crippen molar-refractivity contribution in [2.24, 2.45) is 0 Å². The molecule has 1 fully saturated rings. The highest BCUT2D eigenvalue weighted by atomic mass is 35.5. The summed E-state index contributed by atoms with van der Waals surface area (Å²) in [5, 5.41) is 0.646. The van der Waals surface area contributed by atoms with E-state index < -0.39 is 0 Å². The molecular weight excluding hydrogens is 282 g/mol. The predicted octanol–water partition coefficient (Wildman–Crippen LogP) is 4.29. The van der Waals surface area contributed by atoms with E-state index in [4.69, 9.17) is 11.6 Å². The first-order valence-corrected chi connectivity index (χ1v) is 7.96. The third kappa shape index (κ3) is 2.88. The van der Waals surface area contributed by atoms with Crippen molar-refractivity contribution in [1.29, 1.82) is 0 Å². The lowest BCUT2D eigenvalue weighted by Gasteiger charge is -2.32. The molecule has 4 heteroatoms. The second-order valence-electron chi connectivity index (χ2n) is 5.52. The molecule has 1 aliphatic heterocycles. The van der Waals surface area contributed by atoms with Gasteiger partial charge in [-0.15, -0.1) is 0 Å². The minimum Gasteiger partial charge on any atom is -0.352 e. The minimum absolute atomic E-state index is 0.463. The Morgan fingerprint density at radius 3 is 2.86 bits per heavy atom. The molecule has 110 valence electrons. The van der Waals surface area contributed by atoms with Gasteiger partial charge in [-0.2, -0.15) is 0 Å². The molecule has 0 aliphatic carbocycles. The summed E-state index contributed by atoms with van der Waals surface area (Å²) in [4.78, 5) is 10.8. The van der Waals surface area contributed by atoms with E-state index in [2.05, 4.69) is 52.1 Å². The monoisotopic (exact) mass is 301 g/mol. The maximum absolute atomic E-state index is 6.30. The number of nitrogens with zero attached hydrogens (tertiary/aromatic N) is 3. The molecular formula is C17H20ClN3. The van der Waals surface area contributed by atoms with Gasteiger partial charge in [0.2, 0.25) is 0 Å². The molecule has 1 aromatic carbocycles. The molecule has 0 bridgehead atoms. The van der Waals surface area contributed by atoms with Crippen LogP contribution in [0.25, 0.3) is 0 Å². The van der Waals surface area contributed by atoms with Crippen molar-refractivity contribution in [3.63, 3.8) is 0 Å². The average Bonchev–Trinajstić information content (AvgIpc) is 2.99. The molecule has 2 atom stereocenters. The van der Waals surface area contributed by atoms with Gasteiger partial charge in [0.15, 0.2) is 5.82 Å². The van der Waals surface area contributed by atoms with E-state index in [1.54, 1.807) is 12.5 Å². The smallest absolute Gasteiger partial charge is 0.151 e. The Balaban J connectivity index is 1.91. The normalized spacial score (nSPS) is 19.7. The van der Waals surface area contributed by atoms with Crippen LogP contribution in [0.1, 0.15) is 37.7 Å². The summed E-state index contributed by atoms with van der Waals surface area (Å²) in [5.41, 5.74) is 1.40. The maximum atomic E-state index is 6.30. The highest BCUT2D eigenvalue weighted by Crippen LogP contribution is 2.37. The van der Waals surface area contributed by atoms with E-state index in [0.717, 1.165) is 18.8 Å². The fourth-order valence-corrected chi connectivity index (χ4v) is 3.64. The van der Waals surface area contributed by atoms with Gasteiger partial charge < -0.3 is 4.90 Å². The molecule has 0 spiro atoms. The molecule has 2 unspecified atom stereocenters. The highest BCUT2D eigenvalue weighted by molar-refractivity contribution is 6.32. The standard InChI is InChI=1S/C17H20ClN3/c1-2-14(13-7-4-3-5-8-13)16-9-6-10-21(16)17-15(18)11-19-12-20-17/h3-5,7-8,11-12,14,16H,2,6,9-10H2,1H3. The van der Waals surface area contributed by atoms with Crippen LogP contribution in [0.3, 0.4) is 0 Å². The lowest BCUT2D eigenvalue weighted by Crippen LogP contribution is -2.35. The van der Waals surface area contributed by atoms with Crippen molar-refractivity contribution in [2.45, 2.75) is 38.1 Å². The number of anilines is 1. The van der Waals surface area contributed by atoms with Gasteiger partial charge in [-0.05, 0) is 24.8 Å². The van der Waals surface area contributed by atoms with Gasteiger partial charge in [0, 0.05) is 18.5 Å². The maximum Gasteiger partial charge on any atom is 0.151 e. The molecule has 0 N–H and O–H groups in total. The van der Waals surface area contributed by atoms with Crippen LogP contribution in [0.5, 0.6) is 0 Å². The Morgan fingerprint density at radius 1 is 1.33 bits per heavy atom. The second-order valence-corrected chi connectivity index (χ2v) is 5.93. The number of hydrogen-bond donors (Lipinski definition) is 0. The van der Waals surface area contributed by atoms with Crippen molar-refractivity contribution < 1.29 is 0 Å². The molecule has 0 radical (unpaired) electrons. The fourth-order valence-electron chi connectivity index (χ4n) is 3.42. The Labute approximate surface area is 131 Å². The summed E-state index contributed by atoms with van der Waals surface area (Å²) >= 11 is 6.30. The van der Waals surface area contributed by atoms with Crippen LogP contribution < -0.4 is 4.90 Å². The molecule has 2 aromatic rings. The summed E-state index contributed by atoms with van der Waals surface area (Å²) in [7, 11) is 0. The number of halogens is 1. The number of aromatic nitrogens is 2.